The number of rotatable bonds is 7. The van der Waals surface area contributed by atoms with Gasteiger partial charge >= 0.3 is 5.69 Å². The molecule has 0 aliphatic heterocycles. The Hall–Kier alpha value is -3.95. The van der Waals surface area contributed by atoms with Gasteiger partial charge in [0.15, 0.2) is 11.5 Å². The minimum absolute atomic E-state index is 0.0205. The van der Waals surface area contributed by atoms with Gasteiger partial charge in [0.25, 0.3) is 5.69 Å². The molecule has 140 valence electrons. The van der Waals surface area contributed by atoms with Crippen molar-refractivity contribution in [1.82, 2.24) is 0 Å². The summed E-state index contributed by atoms with van der Waals surface area (Å²) >= 11 is 0. The van der Waals surface area contributed by atoms with Crippen molar-refractivity contribution in [2.45, 2.75) is 6.92 Å². The van der Waals surface area contributed by atoms with Crippen LogP contribution < -0.4 is 10.2 Å². The third kappa shape index (κ3) is 5.01. The zero-order valence-electron chi connectivity index (χ0n) is 14.4. The average molecular weight is 372 g/mol. The van der Waals surface area contributed by atoms with Crippen LogP contribution in [0.15, 0.2) is 47.6 Å². The minimum atomic E-state index is -0.723. The van der Waals surface area contributed by atoms with Crippen molar-refractivity contribution in [3.05, 3.63) is 68.3 Å². The van der Waals surface area contributed by atoms with Crippen molar-refractivity contribution >= 4 is 28.8 Å². The molecular formula is C17H16N4O6. The molecule has 0 aliphatic carbocycles. The molecule has 0 fully saturated rings. The van der Waals surface area contributed by atoms with Gasteiger partial charge in [-0.1, -0.05) is 12.1 Å². The number of hydrazone groups is 1. The number of benzene rings is 2. The first-order valence-corrected chi connectivity index (χ1v) is 7.60. The fourth-order valence-corrected chi connectivity index (χ4v) is 2.08. The van der Waals surface area contributed by atoms with Crippen molar-refractivity contribution in [3.8, 4) is 11.5 Å². The SMILES string of the molecule is COc1cc(C=CC(C)=NNc2ccc([N+](=O)[O-])cc2[N+](=O)[O-])ccc1O. The summed E-state index contributed by atoms with van der Waals surface area (Å²) in [4.78, 5) is 20.4. The zero-order valence-corrected chi connectivity index (χ0v) is 14.4. The molecule has 10 heteroatoms. The van der Waals surface area contributed by atoms with E-state index in [1.807, 2.05) is 0 Å². The molecule has 0 amide bonds. The first-order chi connectivity index (χ1) is 12.8. The monoisotopic (exact) mass is 372 g/mol. The number of nitrogens with zero attached hydrogens (tertiary/aromatic N) is 3. The minimum Gasteiger partial charge on any atom is -0.504 e. The molecule has 2 aromatic rings. The summed E-state index contributed by atoms with van der Waals surface area (Å²) in [5.74, 6) is 0.346. The van der Waals surface area contributed by atoms with E-state index >= 15 is 0 Å². The van der Waals surface area contributed by atoms with Gasteiger partial charge in [-0.2, -0.15) is 5.10 Å². The van der Waals surface area contributed by atoms with E-state index in [0.29, 0.717) is 11.5 Å². The molecule has 0 saturated carbocycles. The Balaban J connectivity index is 2.17. The topological polar surface area (TPSA) is 140 Å². The van der Waals surface area contributed by atoms with Crippen LogP contribution in [-0.4, -0.2) is 27.8 Å². The largest absolute Gasteiger partial charge is 0.504 e. The Labute approximate surface area is 153 Å². The number of aromatic hydroxyl groups is 1. The molecule has 0 saturated heterocycles. The van der Waals surface area contributed by atoms with Gasteiger partial charge in [-0.15, -0.1) is 0 Å². The Bertz CT molecular complexity index is 939. The molecule has 2 rings (SSSR count). The predicted octanol–water partition coefficient (Wildman–Crippen LogP) is 3.72. The molecule has 0 radical (unpaired) electrons. The van der Waals surface area contributed by atoms with Crippen LogP contribution in [0.25, 0.3) is 6.08 Å². The highest BCUT2D eigenvalue weighted by molar-refractivity contribution is 5.96. The number of phenols is 1. The average Bonchev–Trinajstić information content (AvgIpc) is 2.65. The molecule has 0 bridgehead atoms. The standard InChI is InChI=1S/C17H16N4O6/c1-11(3-4-12-5-8-16(22)17(9-12)27-2)18-19-14-7-6-13(20(23)24)10-15(14)21(25)26/h3-10,19,22H,1-2H3. The third-order valence-electron chi connectivity index (χ3n) is 3.46. The van der Waals surface area contributed by atoms with E-state index in [-0.39, 0.29) is 17.1 Å². The number of anilines is 1. The number of allylic oxidation sites excluding steroid dienone is 1. The van der Waals surface area contributed by atoms with E-state index in [9.17, 15) is 25.3 Å². The smallest absolute Gasteiger partial charge is 0.301 e. The number of non-ortho nitro benzene ring substituents is 1. The lowest BCUT2D eigenvalue weighted by Gasteiger charge is -2.04. The van der Waals surface area contributed by atoms with Crippen LogP contribution in [0.2, 0.25) is 0 Å². The normalized spacial score (nSPS) is 11.4. The van der Waals surface area contributed by atoms with Gasteiger partial charge in [-0.25, -0.2) is 0 Å². The lowest BCUT2D eigenvalue weighted by molar-refractivity contribution is -0.393. The van der Waals surface area contributed by atoms with Gasteiger partial charge in [0.2, 0.25) is 0 Å². The van der Waals surface area contributed by atoms with E-state index in [0.717, 1.165) is 17.7 Å². The Kier molecular flexibility index (Phi) is 6.05. The highest BCUT2D eigenvalue weighted by Crippen LogP contribution is 2.29. The summed E-state index contributed by atoms with van der Waals surface area (Å²) in [6.07, 6.45) is 3.36. The van der Waals surface area contributed by atoms with Gasteiger partial charge in [-0.05, 0) is 36.8 Å². The molecule has 0 atom stereocenters. The molecular weight excluding hydrogens is 356 g/mol. The van der Waals surface area contributed by atoms with Gasteiger partial charge in [0.05, 0.1) is 28.7 Å². The van der Waals surface area contributed by atoms with E-state index in [4.69, 9.17) is 4.74 Å². The summed E-state index contributed by atoms with van der Waals surface area (Å²) in [5, 5.41) is 35.4. The Morgan fingerprint density at radius 2 is 1.93 bits per heavy atom. The second kappa shape index (κ2) is 8.43. The van der Waals surface area contributed by atoms with Crippen molar-refractivity contribution in [3.63, 3.8) is 0 Å². The molecule has 0 aromatic heterocycles. The summed E-state index contributed by atoms with van der Waals surface area (Å²) in [6.45, 7) is 1.67. The van der Waals surface area contributed by atoms with E-state index in [2.05, 4.69) is 10.5 Å². The van der Waals surface area contributed by atoms with Crippen LogP contribution in [0.1, 0.15) is 12.5 Å². The molecule has 0 heterocycles. The Morgan fingerprint density at radius 1 is 1.19 bits per heavy atom. The second-order valence-electron chi connectivity index (χ2n) is 5.35. The van der Waals surface area contributed by atoms with E-state index < -0.39 is 15.5 Å². The van der Waals surface area contributed by atoms with Gasteiger partial charge in [-0.3, -0.25) is 25.7 Å². The maximum atomic E-state index is 11.1. The number of nitro groups is 2. The number of phenolic OH excluding ortho intramolecular Hbond substituents is 1. The van der Waals surface area contributed by atoms with Crippen LogP contribution in [0.4, 0.5) is 17.1 Å². The number of hydrogen-bond donors (Lipinski definition) is 2. The molecule has 2 aromatic carbocycles. The first-order valence-electron chi connectivity index (χ1n) is 7.60. The molecule has 10 nitrogen and oxygen atoms in total. The van der Waals surface area contributed by atoms with Crippen molar-refractivity contribution in [1.29, 1.82) is 0 Å². The fourth-order valence-electron chi connectivity index (χ4n) is 2.08. The second-order valence-corrected chi connectivity index (χ2v) is 5.35. The van der Waals surface area contributed by atoms with Crippen LogP contribution in [0.5, 0.6) is 11.5 Å². The highest BCUT2D eigenvalue weighted by Gasteiger charge is 2.19. The van der Waals surface area contributed by atoms with Gasteiger partial charge in [0.1, 0.15) is 5.69 Å². The lowest BCUT2D eigenvalue weighted by atomic mass is 10.1. The number of hydrogen-bond acceptors (Lipinski definition) is 8. The summed E-state index contributed by atoms with van der Waals surface area (Å²) in [7, 11) is 1.44. The summed E-state index contributed by atoms with van der Waals surface area (Å²) < 4.78 is 5.02. The molecule has 0 spiro atoms. The lowest BCUT2D eigenvalue weighted by Crippen LogP contribution is -2.00. The van der Waals surface area contributed by atoms with Crippen LogP contribution in [0, 0.1) is 20.2 Å². The molecule has 2 N–H and O–H groups in total. The summed E-state index contributed by atoms with van der Waals surface area (Å²) in [5.41, 5.74) is 2.98. The van der Waals surface area contributed by atoms with E-state index in [1.165, 1.54) is 19.2 Å². The van der Waals surface area contributed by atoms with Crippen molar-refractivity contribution in [2.24, 2.45) is 5.10 Å². The number of ether oxygens (including phenoxy) is 1. The van der Waals surface area contributed by atoms with Crippen LogP contribution >= 0.6 is 0 Å². The van der Waals surface area contributed by atoms with Crippen molar-refractivity contribution in [2.75, 3.05) is 12.5 Å². The third-order valence-corrected chi connectivity index (χ3v) is 3.46. The van der Waals surface area contributed by atoms with Gasteiger partial charge < -0.3 is 9.84 Å². The highest BCUT2D eigenvalue weighted by atomic mass is 16.6. The molecule has 0 unspecified atom stereocenters. The van der Waals surface area contributed by atoms with Crippen LogP contribution in [-0.2, 0) is 0 Å². The fraction of sp³-hybridized carbons (Fsp3) is 0.118. The van der Waals surface area contributed by atoms with Crippen LogP contribution in [0.3, 0.4) is 0 Å². The Morgan fingerprint density at radius 3 is 2.56 bits per heavy atom. The first kappa shape index (κ1) is 19.4. The molecule has 27 heavy (non-hydrogen) atoms. The maximum Gasteiger partial charge on any atom is 0.301 e. The quantitative estimate of drug-likeness (QED) is 0.429. The number of nitrogens with one attached hydrogen (secondary N) is 1. The predicted molar refractivity (Wildman–Crippen MR) is 100 cm³/mol. The summed E-state index contributed by atoms with van der Waals surface area (Å²) in [6, 6.07) is 8.04. The van der Waals surface area contributed by atoms with E-state index in [1.54, 1.807) is 31.2 Å². The van der Waals surface area contributed by atoms with Crippen molar-refractivity contribution < 1.29 is 19.7 Å². The maximum absolute atomic E-state index is 11.1. The van der Waals surface area contributed by atoms with Gasteiger partial charge in [0, 0.05) is 6.07 Å². The zero-order chi connectivity index (χ0) is 20.0. The molecule has 0 aliphatic rings. The number of nitro benzene ring substituents is 2. The number of methoxy groups -OCH3 is 1.